The molecule has 2 aromatic carbocycles. The molecule has 0 unspecified atom stereocenters. The number of hydrogen-bond donors (Lipinski definition) is 2. The molecule has 0 bridgehead atoms. The number of anilines is 2. The van der Waals surface area contributed by atoms with Gasteiger partial charge in [0.15, 0.2) is 0 Å². The first-order chi connectivity index (χ1) is 22.2. The van der Waals surface area contributed by atoms with Crippen LogP contribution < -0.4 is 10.2 Å². The van der Waals surface area contributed by atoms with Crippen molar-refractivity contribution in [1.82, 2.24) is 29.3 Å². The number of nitrogens with zero attached hydrogens (tertiary/aromatic N) is 6. The number of imidazole rings is 1. The number of aromatic amines is 1. The number of benzene rings is 2. The van der Waals surface area contributed by atoms with Crippen LogP contribution >= 0.6 is 10.2 Å². The van der Waals surface area contributed by atoms with E-state index in [1.54, 1.807) is 68.3 Å². The average Bonchev–Trinajstić information content (AvgIpc) is 3.74. The summed E-state index contributed by atoms with van der Waals surface area (Å²) in [6.45, 7) is 7.18. The first kappa shape index (κ1) is 32.9. The third-order valence-electron chi connectivity index (χ3n) is 7.74. The van der Waals surface area contributed by atoms with Crippen molar-refractivity contribution in [3.8, 4) is 16.9 Å². The molecule has 0 saturated carbocycles. The number of fused-ring (bicyclic) bond motifs is 1. The number of H-pyrrole nitrogens is 1. The predicted molar refractivity (Wildman–Crippen MR) is 173 cm³/mol. The third kappa shape index (κ3) is 6.95. The Bertz CT molecular complexity index is 2030. The molecule has 0 radical (unpaired) electrons. The van der Waals surface area contributed by atoms with Crippen molar-refractivity contribution in [3.05, 3.63) is 78.4 Å². The Hall–Kier alpha value is -5.06. The summed E-state index contributed by atoms with van der Waals surface area (Å²) >= 11 is 0. The topological polar surface area (TPSA) is 113 Å². The van der Waals surface area contributed by atoms with Crippen molar-refractivity contribution < 1.29 is 33.8 Å². The van der Waals surface area contributed by atoms with Crippen molar-refractivity contribution in [2.75, 3.05) is 36.4 Å². The molecule has 1 aliphatic heterocycles. The molecule has 0 aliphatic carbocycles. The number of carbonyl (C=O) groups excluding carboxylic acids is 2. The quantitative estimate of drug-likeness (QED) is 0.176. The van der Waals surface area contributed by atoms with Crippen molar-refractivity contribution in [3.63, 3.8) is 0 Å². The van der Waals surface area contributed by atoms with Gasteiger partial charge in [-0.05, 0) is 63.6 Å². The highest BCUT2D eigenvalue weighted by Gasteiger charge is 2.65. The zero-order chi connectivity index (χ0) is 34.7. The summed E-state index contributed by atoms with van der Waals surface area (Å²) in [4.78, 5) is 26.5. The van der Waals surface area contributed by atoms with Crippen LogP contribution in [0.15, 0.2) is 72.1 Å². The summed E-state index contributed by atoms with van der Waals surface area (Å²) in [5.74, 6) is -1.01. The van der Waals surface area contributed by atoms with Gasteiger partial charge in [0.1, 0.15) is 16.1 Å². The Morgan fingerprint density at radius 2 is 1.69 bits per heavy atom. The number of aromatic nitrogens is 5. The van der Waals surface area contributed by atoms with Gasteiger partial charge in [0.25, 0.3) is 5.91 Å². The number of aryl methyl sites for hydroxylation is 1. The SMILES string of the molecule is Cc1ccc(NC(=O)c2cc(N3CCN(C(=O)OC(C)(C)C)CC3)cc(S(F)(F)(F)(F)F)c2)cc1-n1ccn2nc(-c3cn[nH]c3)cc12. The van der Waals surface area contributed by atoms with E-state index in [0.717, 1.165) is 17.2 Å². The molecule has 17 heteroatoms. The van der Waals surface area contributed by atoms with E-state index in [4.69, 9.17) is 4.74 Å². The molecular formula is C31H33F5N8O3S. The molecule has 1 saturated heterocycles. The lowest BCUT2D eigenvalue weighted by Crippen LogP contribution is -2.50. The van der Waals surface area contributed by atoms with Crippen LogP contribution in [0.1, 0.15) is 36.7 Å². The van der Waals surface area contributed by atoms with E-state index in [9.17, 15) is 29.0 Å². The van der Waals surface area contributed by atoms with Crippen LogP contribution in [0.25, 0.3) is 22.6 Å². The fraction of sp³-hybridized carbons (Fsp3) is 0.290. The zero-order valence-electron chi connectivity index (χ0n) is 26.4. The second kappa shape index (κ2) is 10.7. The second-order valence-corrected chi connectivity index (χ2v) is 15.0. The molecular weight excluding hydrogens is 659 g/mol. The Morgan fingerprint density at radius 1 is 0.958 bits per heavy atom. The fourth-order valence-corrected chi connectivity index (χ4v) is 6.05. The molecule has 2 N–H and O–H groups in total. The Kier molecular flexibility index (Phi) is 7.35. The Morgan fingerprint density at radius 3 is 2.33 bits per heavy atom. The van der Waals surface area contributed by atoms with E-state index >= 15 is 0 Å². The van der Waals surface area contributed by atoms with Crippen LogP contribution in [0.4, 0.5) is 35.6 Å². The van der Waals surface area contributed by atoms with Crippen molar-refractivity contribution in [2.24, 2.45) is 0 Å². The van der Waals surface area contributed by atoms with E-state index in [1.165, 1.54) is 9.80 Å². The molecule has 6 rings (SSSR count). The maximum absolute atomic E-state index is 14.1. The fourth-order valence-electron chi connectivity index (χ4n) is 5.36. The number of amides is 2. The van der Waals surface area contributed by atoms with Crippen molar-refractivity contribution >= 4 is 39.2 Å². The van der Waals surface area contributed by atoms with Crippen LogP contribution in [-0.4, -0.2) is 73.1 Å². The minimum absolute atomic E-state index is 0.0354. The summed E-state index contributed by atoms with van der Waals surface area (Å²) < 4.78 is 79.5. The second-order valence-electron chi connectivity index (χ2n) is 12.6. The van der Waals surface area contributed by atoms with Gasteiger partial charge in [0.05, 0.1) is 17.6 Å². The molecule has 256 valence electrons. The van der Waals surface area contributed by atoms with Gasteiger partial charge in [0.2, 0.25) is 0 Å². The standard InChI is InChI=1S/C31H33F5N8O3S/c1-20-5-6-23(15-27(20)43-11-12-44-28(43)17-26(40-44)22-18-37-38-19-22)39-29(45)21-13-24(16-25(14-21)48(32,33,34,35)36)41-7-9-42(10-8-41)30(46)47-31(2,3)4/h5-6,11-19H,7-10H2,1-4H3,(H,37,38)(H,39,45). The summed E-state index contributed by atoms with van der Waals surface area (Å²) in [5.41, 5.74) is 2.26. The smallest absolute Gasteiger partial charge is 0.410 e. The lowest BCUT2D eigenvalue weighted by atomic mass is 10.1. The third-order valence-corrected chi connectivity index (χ3v) is 8.86. The number of ether oxygens (including phenoxy) is 1. The van der Waals surface area contributed by atoms with Crippen molar-refractivity contribution in [1.29, 1.82) is 0 Å². The van der Waals surface area contributed by atoms with Crippen LogP contribution in [-0.2, 0) is 4.74 Å². The van der Waals surface area contributed by atoms with Gasteiger partial charge in [0, 0.05) is 73.3 Å². The lowest BCUT2D eigenvalue weighted by molar-refractivity contribution is 0.0240. The summed E-state index contributed by atoms with van der Waals surface area (Å²) in [6.07, 6.45) is 6.25. The highest BCUT2D eigenvalue weighted by Crippen LogP contribution is 3.02. The molecule has 1 aliphatic rings. The van der Waals surface area contributed by atoms with E-state index in [0.29, 0.717) is 23.1 Å². The monoisotopic (exact) mass is 692 g/mol. The van der Waals surface area contributed by atoms with Gasteiger partial charge in [-0.3, -0.25) is 14.5 Å². The summed E-state index contributed by atoms with van der Waals surface area (Å²) in [6, 6.07) is 8.42. The van der Waals surface area contributed by atoms with Crippen LogP contribution in [0.5, 0.6) is 0 Å². The first-order valence-corrected chi connectivity index (χ1v) is 16.8. The number of halogens is 5. The average molecular weight is 693 g/mol. The molecule has 48 heavy (non-hydrogen) atoms. The van der Waals surface area contributed by atoms with Gasteiger partial charge in [-0.15, -0.1) is 0 Å². The molecule has 11 nitrogen and oxygen atoms in total. The van der Waals surface area contributed by atoms with Gasteiger partial charge in [-0.2, -0.15) is 10.2 Å². The van der Waals surface area contributed by atoms with E-state index in [2.05, 4.69) is 20.6 Å². The van der Waals surface area contributed by atoms with E-state index in [-0.39, 0.29) is 43.6 Å². The normalized spacial score (nSPS) is 15.7. The maximum atomic E-state index is 14.1. The van der Waals surface area contributed by atoms with Crippen LogP contribution in [0.3, 0.4) is 0 Å². The summed E-state index contributed by atoms with van der Waals surface area (Å²) in [7, 11) is -10.2. The zero-order valence-corrected chi connectivity index (χ0v) is 27.2. The van der Waals surface area contributed by atoms with Crippen LogP contribution in [0, 0.1) is 6.92 Å². The number of rotatable bonds is 6. The minimum Gasteiger partial charge on any atom is -0.444 e. The predicted octanol–water partition coefficient (Wildman–Crippen LogP) is 7.79. The van der Waals surface area contributed by atoms with Gasteiger partial charge in [-0.25, -0.2) is 9.31 Å². The van der Waals surface area contributed by atoms with Gasteiger partial charge < -0.3 is 19.9 Å². The number of carbonyl (C=O) groups is 2. The van der Waals surface area contributed by atoms with Gasteiger partial charge >= 0.3 is 16.3 Å². The first-order valence-electron chi connectivity index (χ1n) is 14.8. The number of piperazine rings is 1. The van der Waals surface area contributed by atoms with Gasteiger partial charge in [-0.1, -0.05) is 25.5 Å². The maximum Gasteiger partial charge on any atom is 0.410 e. The molecule has 1 fully saturated rings. The van der Waals surface area contributed by atoms with Crippen molar-refractivity contribution in [2.45, 2.75) is 38.2 Å². The largest absolute Gasteiger partial charge is 0.444 e. The molecule has 0 atom stereocenters. The molecule has 5 aromatic rings. The lowest BCUT2D eigenvalue weighted by Gasteiger charge is -2.42. The molecule has 3 aromatic heterocycles. The molecule has 0 spiro atoms. The van der Waals surface area contributed by atoms with Crippen LogP contribution in [0.2, 0.25) is 0 Å². The Balaban J connectivity index is 1.28. The number of hydrogen-bond acceptors (Lipinski definition) is 6. The Labute approximate surface area is 272 Å². The van der Waals surface area contributed by atoms with E-state index < -0.39 is 38.3 Å². The summed E-state index contributed by atoms with van der Waals surface area (Å²) in [5, 5.41) is 13.8. The number of nitrogens with one attached hydrogen (secondary N) is 2. The minimum atomic E-state index is -10.2. The van der Waals surface area contributed by atoms with E-state index in [1.807, 2.05) is 17.6 Å². The molecule has 2 amide bonds. The highest BCUT2D eigenvalue weighted by molar-refractivity contribution is 8.45. The molecule has 4 heterocycles. The highest BCUT2D eigenvalue weighted by atomic mass is 32.5.